The zero-order valence-electron chi connectivity index (χ0n) is 13.5. The number of benzene rings is 1. The molecule has 1 amide bonds. The van der Waals surface area contributed by atoms with E-state index < -0.39 is 0 Å². The van der Waals surface area contributed by atoms with Gasteiger partial charge in [0.15, 0.2) is 5.13 Å². The minimum Gasteiger partial charge on any atom is -0.497 e. The van der Waals surface area contributed by atoms with Crippen molar-refractivity contribution >= 4 is 22.4 Å². The van der Waals surface area contributed by atoms with Crippen LogP contribution in [-0.4, -0.2) is 25.1 Å². The first-order valence-corrected chi connectivity index (χ1v) is 8.43. The molecule has 0 spiro atoms. The third-order valence-corrected chi connectivity index (χ3v) is 4.96. The molecule has 0 aliphatic heterocycles. The SMILES string of the molecule is COc1ccc(CN(C(=O)[C@H]2C[C@H]2C)c2nccs2)c(OC)c1. The number of hydrogen-bond donors (Lipinski definition) is 0. The molecule has 5 nitrogen and oxygen atoms in total. The van der Waals surface area contributed by atoms with Crippen molar-refractivity contribution in [2.24, 2.45) is 11.8 Å². The topological polar surface area (TPSA) is 51.7 Å². The zero-order valence-corrected chi connectivity index (χ0v) is 14.3. The van der Waals surface area contributed by atoms with Crippen LogP contribution >= 0.6 is 11.3 Å². The predicted molar refractivity (Wildman–Crippen MR) is 90.1 cm³/mol. The van der Waals surface area contributed by atoms with E-state index in [2.05, 4.69) is 11.9 Å². The highest BCUT2D eigenvalue weighted by molar-refractivity contribution is 7.13. The molecule has 2 atom stereocenters. The van der Waals surface area contributed by atoms with Crippen LogP contribution in [0.15, 0.2) is 29.8 Å². The number of methoxy groups -OCH3 is 2. The fraction of sp³-hybridized carbons (Fsp3) is 0.412. The number of anilines is 1. The second kappa shape index (κ2) is 6.58. The molecule has 0 unspecified atom stereocenters. The Kier molecular flexibility index (Phi) is 4.52. The van der Waals surface area contributed by atoms with E-state index in [-0.39, 0.29) is 11.8 Å². The maximum Gasteiger partial charge on any atom is 0.232 e. The summed E-state index contributed by atoms with van der Waals surface area (Å²) in [5.41, 5.74) is 0.935. The summed E-state index contributed by atoms with van der Waals surface area (Å²) in [6, 6.07) is 5.64. The Morgan fingerprint density at radius 1 is 1.39 bits per heavy atom. The van der Waals surface area contributed by atoms with Gasteiger partial charge in [-0.2, -0.15) is 0 Å². The molecule has 122 valence electrons. The lowest BCUT2D eigenvalue weighted by molar-refractivity contribution is -0.120. The van der Waals surface area contributed by atoms with E-state index in [4.69, 9.17) is 9.47 Å². The van der Waals surface area contributed by atoms with E-state index in [1.165, 1.54) is 11.3 Å². The number of thiazole rings is 1. The van der Waals surface area contributed by atoms with Crippen molar-refractivity contribution in [3.05, 3.63) is 35.3 Å². The monoisotopic (exact) mass is 332 g/mol. The van der Waals surface area contributed by atoms with Crippen molar-refractivity contribution < 1.29 is 14.3 Å². The van der Waals surface area contributed by atoms with Gasteiger partial charge < -0.3 is 9.47 Å². The van der Waals surface area contributed by atoms with E-state index >= 15 is 0 Å². The molecule has 23 heavy (non-hydrogen) atoms. The van der Waals surface area contributed by atoms with Crippen molar-refractivity contribution in [2.75, 3.05) is 19.1 Å². The van der Waals surface area contributed by atoms with Gasteiger partial charge >= 0.3 is 0 Å². The molecule has 1 aliphatic rings. The minimum atomic E-state index is 0.114. The molecule has 0 saturated heterocycles. The normalized spacial score (nSPS) is 19.3. The van der Waals surface area contributed by atoms with Crippen molar-refractivity contribution in [1.82, 2.24) is 4.98 Å². The van der Waals surface area contributed by atoms with Gasteiger partial charge in [-0.05, 0) is 24.5 Å². The Morgan fingerprint density at radius 2 is 2.17 bits per heavy atom. The molecule has 6 heteroatoms. The van der Waals surface area contributed by atoms with E-state index in [0.29, 0.717) is 18.2 Å². The maximum atomic E-state index is 12.8. The molecule has 2 aromatic rings. The maximum absolute atomic E-state index is 12.8. The minimum absolute atomic E-state index is 0.114. The first kappa shape index (κ1) is 15.8. The van der Waals surface area contributed by atoms with Crippen LogP contribution in [-0.2, 0) is 11.3 Å². The summed E-state index contributed by atoms with van der Waals surface area (Å²) in [4.78, 5) is 18.9. The van der Waals surface area contributed by atoms with Crippen molar-refractivity contribution in [2.45, 2.75) is 19.9 Å². The number of rotatable bonds is 6. The Labute approximate surface area is 139 Å². The summed E-state index contributed by atoms with van der Waals surface area (Å²) in [7, 11) is 3.24. The van der Waals surface area contributed by atoms with Gasteiger partial charge in [0.05, 0.1) is 20.8 Å². The van der Waals surface area contributed by atoms with Gasteiger partial charge in [0.2, 0.25) is 5.91 Å². The standard InChI is InChI=1S/C17H20N2O3S/c1-11-8-14(11)16(20)19(17-18-6-7-23-17)10-12-4-5-13(21-2)9-15(12)22-3/h4-7,9,11,14H,8,10H2,1-3H3/t11-,14+/m1/s1. The number of nitrogens with zero attached hydrogens (tertiary/aromatic N) is 2. The molecule has 1 aromatic heterocycles. The zero-order chi connectivity index (χ0) is 16.4. The number of amides is 1. The van der Waals surface area contributed by atoms with Crippen molar-refractivity contribution in [1.29, 1.82) is 0 Å². The fourth-order valence-corrected chi connectivity index (χ4v) is 3.26. The lowest BCUT2D eigenvalue weighted by Gasteiger charge is -2.21. The predicted octanol–water partition coefficient (Wildman–Crippen LogP) is 3.35. The van der Waals surface area contributed by atoms with Crippen molar-refractivity contribution in [3.8, 4) is 11.5 Å². The molecule has 0 radical (unpaired) electrons. The van der Waals surface area contributed by atoms with Crippen LogP contribution in [0.4, 0.5) is 5.13 Å². The summed E-state index contributed by atoms with van der Waals surface area (Å²) >= 11 is 1.47. The molecule has 0 N–H and O–H groups in total. The summed E-state index contributed by atoms with van der Waals surface area (Å²) in [6.07, 6.45) is 2.68. The molecule has 1 aliphatic carbocycles. The first-order valence-electron chi connectivity index (χ1n) is 7.55. The molecular formula is C17H20N2O3S. The van der Waals surface area contributed by atoms with E-state index in [1.54, 1.807) is 25.3 Å². The van der Waals surface area contributed by atoms with Gasteiger partial charge in [0.25, 0.3) is 0 Å². The second-order valence-corrected chi connectivity index (χ2v) is 6.61. The molecule has 1 aromatic carbocycles. The molecule has 3 rings (SSSR count). The second-order valence-electron chi connectivity index (χ2n) is 5.74. The summed E-state index contributed by atoms with van der Waals surface area (Å²) < 4.78 is 10.7. The van der Waals surface area contributed by atoms with Crippen LogP contribution in [0.5, 0.6) is 11.5 Å². The lowest BCUT2D eigenvalue weighted by Crippen LogP contribution is -2.32. The third-order valence-electron chi connectivity index (χ3n) is 4.17. The Balaban J connectivity index is 1.88. The number of carbonyl (C=O) groups excluding carboxylic acids is 1. The average molecular weight is 332 g/mol. The number of ether oxygens (including phenoxy) is 2. The molecule has 1 heterocycles. The van der Waals surface area contributed by atoms with Crippen LogP contribution in [0.2, 0.25) is 0 Å². The molecule has 1 saturated carbocycles. The van der Waals surface area contributed by atoms with Crippen LogP contribution in [0.3, 0.4) is 0 Å². The highest BCUT2D eigenvalue weighted by Gasteiger charge is 2.42. The Morgan fingerprint density at radius 3 is 2.74 bits per heavy atom. The van der Waals surface area contributed by atoms with Crippen LogP contribution < -0.4 is 14.4 Å². The van der Waals surface area contributed by atoms with Gasteiger partial charge in [-0.25, -0.2) is 4.98 Å². The highest BCUT2D eigenvalue weighted by Crippen LogP contribution is 2.41. The van der Waals surface area contributed by atoms with Crippen molar-refractivity contribution in [3.63, 3.8) is 0 Å². The summed E-state index contributed by atoms with van der Waals surface area (Å²) in [5, 5.41) is 2.61. The summed E-state index contributed by atoms with van der Waals surface area (Å²) in [6.45, 7) is 2.55. The number of carbonyl (C=O) groups is 1. The van der Waals surface area contributed by atoms with Gasteiger partial charge in [-0.15, -0.1) is 11.3 Å². The van der Waals surface area contributed by atoms with E-state index in [0.717, 1.165) is 22.9 Å². The van der Waals surface area contributed by atoms with Crippen LogP contribution in [0, 0.1) is 11.8 Å². The average Bonchev–Trinajstić information content (AvgIpc) is 3.07. The van der Waals surface area contributed by atoms with Gasteiger partial charge in [0.1, 0.15) is 11.5 Å². The van der Waals surface area contributed by atoms with Crippen LogP contribution in [0.1, 0.15) is 18.9 Å². The first-order chi connectivity index (χ1) is 11.1. The summed E-state index contributed by atoms with van der Waals surface area (Å²) in [5.74, 6) is 2.16. The van der Waals surface area contributed by atoms with E-state index in [9.17, 15) is 4.79 Å². The number of aromatic nitrogens is 1. The van der Waals surface area contributed by atoms with E-state index in [1.807, 2.05) is 23.6 Å². The fourth-order valence-electron chi connectivity index (χ4n) is 2.61. The molecule has 1 fully saturated rings. The molecular weight excluding hydrogens is 312 g/mol. The Hall–Kier alpha value is -2.08. The quantitative estimate of drug-likeness (QED) is 0.814. The number of hydrogen-bond acceptors (Lipinski definition) is 5. The smallest absolute Gasteiger partial charge is 0.232 e. The van der Waals surface area contributed by atoms with Gasteiger partial charge in [-0.1, -0.05) is 6.92 Å². The lowest BCUT2D eigenvalue weighted by atomic mass is 10.1. The third kappa shape index (κ3) is 3.32. The Bertz CT molecular complexity index is 687. The highest BCUT2D eigenvalue weighted by atomic mass is 32.1. The van der Waals surface area contributed by atoms with Gasteiger partial charge in [0, 0.05) is 29.1 Å². The molecule has 0 bridgehead atoms. The largest absolute Gasteiger partial charge is 0.497 e. The van der Waals surface area contributed by atoms with Crippen LogP contribution in [0.25, 0.3) is 0 Å². The van der Waals surface area contributed by atoms with Gasteiger partial charge in [-0.3, -0.25) is 9.69 Å².